The van der Waals surface area contributed by atoms with Gasteiger partial charge in [-0.3, -0.25) is 0 Å². The van der Waals surface area contributed by atoms with E-state index in [4.69, 9.17) is 14.2 Å². The average molecular weight is 1140 g/mol. The molecule has 20 nitrogen and oxygen atoms in total. The van der Waals surface area contributed by atoms with Crippen molar-refractivity contribution in [2.24, 2.45) is 0 Å². The summed E-state index contributed by atoms with van der Waals surface area (Å²) in [6.07, 6.45) is 9.14. The van der Waals surface area contributed by atoms with Gasteiger partial charge < -0.3 is 45.7 Å². The van der Waals surface area contributed by atoms with Gasteiger partial charge in [0.1, 0.15) is 5.60 Å². The molecule has 3 amide bonds. The first-order valence-electron chi connectivity index (χ1n) is 26.8. The van der Waals surface area contributed by atoms with Crippen molar-refractivity contribution < 1.29 is 45.4 Å². The number of amides is 3. The number of sulfonamides is 2. The smallest absolute Gasteiger partial charge is 0.410 e. The van der Waals surface area contributed by atoms with E-state index in [0.717, 1.165) is 89.9 Å². The molecule has 2 saturated carbocycles. The van der Waals surface area contributed by atoms with Crippen LogP contribution < -0.4 is 36.0 Å². The van der Waals surface area contributed by atoms with Crippen molar-refractivity contribution in [1.82, 2.24) is 40.3 Å². The van der Waals surface area contributed by atoms with Crippen LogP contribution in [0.1, 0.15) is 136 Å². The molecule has 4 fully saturated rings. The molecule has 2 aliphatic carbocycles. The summed E-state index contributed by atoms with van der Waals surface area (Å²) in [5, 5.41) is 17.8. The van der Waals surface area contributed by atoms with Gasteiger partial charge in [-0.1, -0.05) is 26.0 Å². The van der Waals surface area contributed by atoms with Crippen LogP contribution in [-0.2, 0) is 34.3 Å². The highest BCUT2D eigenvalue weighted by atomic mass is 32.2. The van der Waals surface area contributed by atoms with Crippen molar-refractivity contribution in [3.8, 4) is 20.9 Å². The number of carbonyl (C=O) groups excluding carboxylic acids is 3. The molecular formula is C53H78N10O10S4. The van der Waals surface area contributed by atoms with Gasteiger partial charge in [0.25, 0.3) is 0 Å². The summed E-state index contributed by atoms with van der Waals surface area (Å²) < 4.78 is 73.6. The summed E-state index contributed by atoms with van der Waals surface area (Å²) in [4.78, 5) is 49.2. The van der Waals surface area contributed by atoms with Crippen molar-refractivity contribution in [2.75, 3.05) is 49.9 Å². The highest BCUT2D eigenvalue weighted by molar-refractivity contribution is 7.90. The summed E-state index contributed by atoms with van der Waals surface area (Å²) in [6, 6.07) is 11.3. The molecule has 4 aromatic rings. The van der Waals surface area contributed by atoms with Crippen molar-refractivity contribution >= 4 is 72.4 Å². The number of thiazole rings is 2. The van der Waals surface area contributed by atoms with E-state index in [-0.39, 0.29) is 70.9 Å². The zero-order valence-electron chi connectivity index (χ0n) is 45.7. The summed E-state index contributed by atoms with van der Waals surface area (Å²) in [6.45, 7) is 19.6. The Bertz CT molecular complexity index is 2860. The van der Waals surface area contributed by atoms with Crippen LogP contribution in [0.15, 0.2) is 58.6 Å². The van der Waals surface area contributed by atoms with Gasteiger partial charge in [0.15, 0.2) is 0 Å². The zero-order chi connectivity index (χ0) is 55.7. The predicted molar refractivity (Wildman–Crippen MR) is 302 cm³/mol. The van der Waals surface area contributed by atoms with Gasteiger partial charge in [0, 0.05) is 98.1 Å². The van der Waals surface area contributed by atoms with Crippen molar-refractivity contribution in [2.45, 2.75) is 177 Å². The predicted octanol–water partition coefficient (Wildman–Crippen LogP) is 8.95. The number of nitrogens with one attached hydrogen (secondary N) is 7. The van der Waals surface area contributed by atoms with Gasteiger partial charge in [-0.25, -0.2) is 50.6 Å². The molecule has 2 aromatic carbocycles. The molecule has 0 unspecified atom stereocenters. The lowest BCUT2D eigenvalue weighted by atomic mass is 9.86. The second kappa shape index (κ2) is 26.2. The number of ether oxygens (including phenoxy) is 3. The average Bonchev–Trinajstić information content (AvgIpc) is 4.03. The van der Waals surface area contributed by atoms with E-state index in [1.54, 1.807) is 54.6 Å². The Morgan fingerprint density at radius 2 is 1.06 bits per heavy atom. The molecule has 0 spiro atoms. The highest BCUT2D eigenvalue weighted by Crippen LogP contribution is 2.42. The monoisotopic (exact) mass is 1140 g/mol. The fourth-order valence-electron chi connectivity index (χ4n) is 9.52. The molecule has 7 N–H and O–H groups in total. The number of aromatic nitrogens is 2. The van der Waals surface area contributed by atoms with Crippen LogP contribution >= 0.6 is 22.7 Å². The van der Waals surface area contributed by atoms with E-state index in [9.17, 15) is 31.2 Å². The second-order valence-corrected chi connectivity index (χ2v) is 27.2. The maximum Gasteiger partial charge on any atom is 0.410 e. The zero-order valence-corrected chi connectivity index (χ0v) is 49.0. The molecule has 2 aliphatic heterocycles. The molecule has 0 radical (unpaired) electrons. The second-order valence-electron chi connectivity index (χ2n) is 21.6. The number of likely N-dealkylation sites (tertiary alicyclic amines) is 1. The number of benzene rings is 2. The number of nitrogens with zero attached hydrogens (tertiary/aromatic N) is 3. The molecule has 8 rings (SSSR count). The van der Waals surface area contributed by atoms with E-state index < -0.39 is 25.6 Å². The maximum absolute atomic E-state index is 13.3. The number of carbonyl (C=O) groups is 3. The minimum absolute atomic E-state index is 0.00934. The number of alkyl carbamates (subject to hydrolysis) is 2. The summed E-state index contributed by atoms with van der Waals surface area (Å²) in [5.74, 6) is 0.554. The molecular weight excluding hydrogens is 1060 g/mol. The number of rotatable bonds is 18. The minimum atomic E-state index is -3.77. The van der Waals surface area contributed by atoms with Gasteiger partial charge in [-0.15, -0.1) is 22.7 Å². The van der Waals surface area contributed by atoms with Crippen LogP contribution in [0.2, 0.25) is 0 Å². The Labute approximate surface area is 462 Å². The Hall–Kier alpha value is -5.11. The van der Waals surface area contributed by atoms with E-state index in [2.05, 4.69) is 46.0 Å². The number of hydrogen-bond acceptors (Lipinski definition) is 17. The molecule has 24 heteroatoms. The molecule has 2 saturated heterocycles. The Kier molecular flexibility index (Phi) is 20.3. The third kappa shape index (κ3) is 16.7. The first-order valence-corrected chi connectivity index (χ1v) is 31.4. The quantitative estimate of drug-likeness (QED) is 0.0459. The lowest BCUT2D eigenvalue weighted by molar-refractivity contribution is 0.0104. The topological polar surface area (TPSA) is 260 Å². The molecule has 77 heavy (non-hydrogen) atoms. The third-order valence-corrected chi connectivity index (χ3v) is 18.9. The SMILES string of the molecule is CCNS(=O)(=O)c1cc(NC2CN(C(=O)OC(C)(C)C)C2)ccc1-c1cnc(C2CCC(NC(=O)OC(C)C)CC2)s1.CCNS(=O)(=O)c1cc(NC2CNC2)ccc1-c1cnc(C2CCC(NC(=O)OC(C)C)CC2)s1. The maximum atomic E-state index is 13.3. The van der Waals surface area contributed by atoms with Gasteiger partial charge in [0.2, 0.25) is 20.0 Å². The van der Waals surface area contributed by atoms with Gasteiger partial charge in [-0.05, 0) is 124 Å². The Morgan fingerprint density at radius 1 is 0.649 bits per heavy atom. The molecule has 0 bridgehead atoms. The van der Waals surface area contributed by atoms with Crippen molar-refractivity contribution in [3.63, 3.8) is 0 Å². The Morgan fingerprint density at radius 3 is 1.43 bits per heavy atom. The molecule has 0 atom stereocenters. The summed E-state index contributed by atoms with van der Waals surface area (Å²) >= 11 is 3.07. The summed E-state index contributed by atoms with van der Waals surface area (Å²) in [7, 11) is -7.43. The van der Waals surface area contributed by atoms with Crippen molar-refractivity contribution in [1.29, 1.82) is 0 Å². The van der Waals surface area contributed by atoms with Crippen LogP contribution in [-0.4, -0.2) is 131 Å². The number of anilines is 2. The van der Waals surface area contributed by atoms with E-state index in [1.165, 1.54) is 11.3 Å². The lowest BCUT2D eigenvalue weighted by Gasteiger charge is -2.40. The highest BCUT2D eigenvalue weighted by Gasteiger charge is 2.35. The fourth-order valence-corrected chi connectivity index (χ4v) is 14.5. The molecule has 424 valence electrons. The molecule has 4 heterocycles. The van der Waals surface area contributed by atoms with Gasteiger partial charge >= 0.3 is 18.3 Å². The summed E-state index contributed by atoms with van der Waals surface area (Å²) in [5.41, 5.74) is 2.16. The molecule has 4 aliphatic rings. The first kappa shape index (κ1) is 59.5. The van der Waals surface area contributed by atoms with Crippen LogP contribution in [0, 0.1) is 0 Å². The Balaban J connectivity index is 0.000000227. The number of hydrogen-bond donors (Lipinski definition) is 7. The van der Waals surface area contributed by atoms with Crippen LogP contribution in [0.4, 0.5) is 25.8 Å². The fraction of sp³-hybridized carbons (Fsp3) is 0.604. The van der Waals surface area contributed by atoms with Crippen LogP contribution in [0.5, 0.6) is 0 Å². The van der Waals surface area contributed by atoms with Crippen molar-refractivity contribution in [3.05, 3.63) is 58.8 Å². The van der Waals surface area contributed by atoms with E-state index in [1.807, 2.05) is 72.7 Å². The van der Waals surface area contributed by atoms with E-state index >= 15 is 0 Å². The van der Waals surface area contributed by atoms with Crippen LogP contribution in [0.25, 0.3) is 20.9 Å². The lowest BCUT2D eigenvalue weighted by Crippen LogP contribution is -2.57. The van der Waals surface area contributed by atoms with Gasteiger partial charge in [0.05, 0.1) is 53.9 Å². The van der Waals surface area contributed by atoms with Crippen LogP contribution in [0.3, 0.4) is 0 Å². The third-order valence-electron chi connectivity index (χ3n) is 13.3. The minimum Gasteiger partial charge on any atom is -0.447 e. The van der Waals surface area contributed by atoms with E-state index in [0.29, 0.717) is 48.4 Å². The standard InChI is InChI=1S/C29H43N5O6S2.C24H35N5O4S2/c1-7-31-42(37,38)25-14-21(32-22-16-34(17-22)28(36)40-29(4,5)6)12-13-23(25)24-15-30-26(41-24)19-8-10-20(11-9-19)33-27(35)39-18(2)3;1-4-27-35(31,32)22-11-18(28-19-12-25-13-19)9-10-20(22)21-14-26-23(34-21)16-5-7-17(8-6-16)29-24(30)33-15(2)3/h12-15,18-20,22,31-32H,7-11,16-17H2,1-6H3,(H,33,35);9-11,14-17,19,25,27-28H,4-8,12-13H2,1-3H3,(H,29,30). The largest absolute Gasteiger partial charge is 0.447 e. The first-order chi connectivity index (χ1) is 36.5. The van der Waals surface area contributed by atoms with Gasteiger partial charge in [-0.2, -0.15) is 0 Å². The molecule has 2 aromatic heterocycles. The normalized spacial score (nSPS) is 20.3.